The summed E-state index contributed by atoms with van der Waals surface area (Å²) in [6.45, 7) is 6.33. The third-order valence-corrected chi connectivity index (χ3v) is 11.4. The molecule has 0 spiro atoms. The molecule has 3 unspecified atom stereocenters. The number of rotatable bonds is 45. The van der Waals surface area contributed by atoms with E-state index in [9.17, 15) is 19.8 Å². The zero-order valence-electron chi connectivity index (χ0n) is 39.6. The van der Waals surface area contributed by atoms with Gasteiger partial charge < -0.3 is 20.3 Å². The Bertz CT molecular complexity index is 1080. The van der Waals surface area contributed by atoms with Gasteiger partial charge in [0.05, 0.1) is 25.2 Å². The van der Waals surface area contributed by atoms with Gasteiger partial charge in [-0.15, -0.1) is 0 Å². The molecule has 0 bridgehead atoms. The van der Waals surface area contributed by atoms with Crippen molar-refractivity contribution in [1.82, 2.24) is 5.32 Å². The van der Waals surface area contributed by atoms with Crippen molar-refractivity contribution in [3.63, 3.8) is 0 Å². The zero-order valence-corrected chi connectivity index (χ0v) is 39.6. The molecule has 0 saturated carbocycles. The number of allylic oxidation sites excluding steroid dienone is 9. The van der Waals surface area contributed by atoms with Gasteiger partial charge in [-0.3, -0.25) is 9.59 Å². The van der Waals surface area contributed by atoms with Gasteiger partial charge in [0.15, 0.2) is 0 Å². The number of carbonyl (C=O) groups is 2. The minimum Gasteiger partial charge on any atom is -0.461 e. The van der Waals surface area contributed by atoms with Crippen LogP contribution in [0.3, 0.4) is 0 Å². The Morgan fingerprint density at radius 2 is 0.867 bits per heavy atom. The van der Waals surface area contributed by atoms with Crippen LogP contribution < -0.4 is 5.32 Å². The highest BCUT2D eigenvalue weighted by molar-refractivity contribution is 5.77. The molecule has 3 atom stereocenters. The van der Waals surface area contributed by atoms with Crippen molar-refractivity contribution in [3.05, 3.63) is 60.8 Å². The quantitative estimate of drug-likeness (QED) is 0.0322. The van der Waals surface area contributed by atoms with E-state index in [1.54, 1.807) is 0 Å². The van der Waals surface area contributed by atoms with Crippen LogP contribution in [0.2, 0.25) is 0 Å². The highest BCUT2D eigenvalue weighted by atomic mass is 16.5. The fourth-order valence-corrected chi connectivity index (χ4v) is 7.51. The molecule has 0 aromatic carbocycles. The number of aliphatic hydroxyl groups excluding tert-OH is 2. The molecule has 0 heterocycles. The Labute approximate surface area is 371 Å². The van der Waals surface area contributed by atoms with Gasteiger partial charge in [0.25, 0.3) is 0 Å². The average Bonchev–Trinajstić information content (AvgIpc) is 3.24. The van der Waals surface area contributed by atoms with Gasteiger partial charge in [0, 0.05) is 12.8 Å². The first-order valence-corrected chi connectivity index (χ1v) is 25.5. The lowest BCUT2D eigenvalue weighted by atomic mass is 10.0. The number of amides is 1. The summed E-state index contributed by atoms with van der Waals surface area (Å²) in [5.41, 5.74) is 0. The first-order valence-electron chi connectivity index (χ1n) is 25.5. The fourth-order valence-electron chi connectivity index (χ4n) is 7.51. The first-order chi connectivity index (χ1) is 29.5. The summed E-state index contributed by atoms with van der Waals surface area (Å²) in [6.07, 6.45) is 58.8. The van der Waals surface area contributed by atoms with Crippen LogP contribution >= 0.6 is 0 Å². The number of aliphatic hydroxyl groups is 2. The van der Waals surface area contributed by atoms with Gasteiger partial charge in [0.2, 0.25) is 5.91 Å². The van der Waals surface area contributed by atoms with Crippen LogP contribution in [0.25, 0.3) is 0 Å². The van der Waals surface area contributed by atoms with Crippen molar-refractivity contribution in [1.29, 1.82) is 0 Å². The molecule has 0 aromatic rings. The second-order valence-electron chi connectivity index (χ2n) is 17.2. The number of hydrogen-bond acceptors (Lipinski definition) is 5. The van der Waals surface area contributed by atoms with Crippen molar-refractivity contribution < 1.29 is 24.5 Å². The predicted molar refractivity (Wildman–Crippen MR) is 259 cm³/mol. The van der Waals surface area contributed by atoms with E-state index in [0.29, 0.717) is 19.3 Å². The van der Waals surface area contributed by atoms with Gasteiger partial charge in [-0.05, 0) is 44.9 Å². The van der Waals surface area contributed by atoms with Gasteiger partial charge in [-0.2, -0.15) is 0 Å². The van der Waals surface area contributed by atoms with E-state index in [1.165, 1.54) is 128 Å². The molecule has 6 nitrogen and oxygen atoms in total. The van der Waals surface area contributed by atoms with E-state index in [4.69, 9.17) is 4.74 Å². The Hall–Kier alpha value is -2.44. The lowest BCUT2D eigenvalue weighted by Gasteiger charge is -2.24. The SMILES string of the molecule is CC/C=C\C/C=C\C/C=C\C/C=C\C/C=C\CC(CC(=O)NC(CO)C(O)CCCCCCCCCCCCCCCCCCC)OC(=O)CCCCCCCCCCC. The van der Waals surface area contributed by atoms with Crippen molar-refractivity contribution >= 4 is 11.9 Å². The topological polar surface area (TPSA) is 95.9 Å². The highest BCUT2D eigenvalue weighted by Gasteiger charge is 2.23. The minimum atomic E-state index is -0.811. The molecule has 3 N–H and O–H groups in total. The van der Waals surface area contributed by atoms with Crippen molar-refractivity contribution in [3.8, 4) is 0 Å². The zero-order chi connectivity index (χ0) is 43.8. The fraction of sp³-hybridized carbons (Fsp3) is 0.778. The largest absolute Gasteiger partial charge is 0.461 e. The average molecular weight is 840 g/mol. The number of hydrogen-bond donors (Lipinski definition) is 3. The summed E-state index contributed by atoms with van der Waals surface area (Å²) in [6, 6.07) is -0.731. The number of unbranched alkanes of at least 4 members (excludes halogenated alkanes) is 24. The van der Waals surface area contributed by atoms with E-state index < -0.39 is 18.2 Å². The third kappa shape index (κ3) is 42.3. The van der Waals surface area contributed by atoms with Crippen molar-refractivity contribution in [2.75, 3.05) is 6.61 Å². The molecule has 60 heavy (non-hydrogen) atoms. The molecule has 0 rings (SSSR count). The summed E-state index contributed by atoms with van der Waals surface area (Å²) < 4.78 is 5.84. The molecule has 0 radical (unpaired) electrons. The molecule has 1 amide bonds. The molecular weight excluding hydrogens is 743 g/mol. The van der Waals surface area contributed by atoms with Gasteiger partial charge >= 0.3 is 5.97 Å². The standard InChI is InChI=1S/C54H97NO5/c1-4-7-10-13-16-19-21-23-25-26-28-30-32-35-37-40-43-46-52(57)51(49-56)55-53(58)48-50(60-54(59)47-44-41-38-33-18-15-12-9-6-3)45-42-39-36-34-31-29-27-24-22-20-17-14-11-8-5-2/h8,11,17,20,24,27,31,34,39,42,50-52,56-57H,4-7,9-10,12-16,18-19,21-23,25-26,28-30,32-33,35-38,40-41,43-49H2,1-3H3,(H,55,58)/b11-8-,20-17-,27-24-,34-31-,42-39-. The third-order valence-electron chi connectivity index (χ3n) is 11.4. The predicted octanol–water partition coefficient (Wildman–Crippen LogP) is 15.2. The summed E-state index contributed by atoms with van der Waals surface area (Å²) in [4.78, 5) is 26.0. The molecule has 0 saturated heterocycles. The van der Waals surface area contributed by atoms with Crippen molar-refractivity contribution in [2.24, 2.45) is 0 Å². The van der Waals surface area contributed by atoms with Gasteiger partial charge in [0.1, 0.15) is 6.10 Å². The maximum Gasteiger partial charge on any atom is 0.306 e. The highest BCUT2D eigenvalue weighted by Crippen LogP contribution is 2.17. The summed E-state index contributed by atoms with van der Waals surface area (Å²) in [7, 11) is 0. The Kier molecular flexibility index (Phi) is 45.7. The van der Waals surface area contributed by atoms with E-state index in [0.717, 1.165) is 70.6 Å². The van der Waals surface area contributed by atoms with Crippen LogP contribution in [0.1, 0.15) is 245 Å². The minimum absolute atomic E-state index is 0.000155. The lowest BCUT2D eigenvalue weighted by Crippen LogP contribution is -2.46. The van der Waals surface area contributed by atoms with Crippen LogP contribution in [0.4, 0.5) is 0 Å². The van der Waals surface area contributed by atoms with E-state index >= 15 is 0 Å². The molecule has 0 aliphatic carbocycles. The Morgan fingerprint density at radius 1 is 0.500 bits per heavy atom. The number of esters is 1. The van der Waals surface area contributed by atoms with Gasteiger partial charge in [-0.25, -0.2) is 0 Å². The maximum absolute atomic E-state index is 13.2. The molecule has 0 aliphatic heterocycles. The number of ether oxygens (including phenoxy) is 1. The molecule has 6 heteroatoms. The maximum atomic E-state index is 13.2. The lowest BCUT2D eigenvalue weighted by molar-refractivity contribution is -0.150. The van der Waals surface area contributed by atoms with Gasteiger partial charge in [-0.1, -0.05) is 242 Å². The molecule has 348 valence electrons. The monoisotopic (exact) mass is 840 g/mol. The van der Waals surface area contributed by atoms with E-state index in [1.807, 2.05) is 12.2 Å². The van der Waals surface area contributed by atoms with Crippen LogP contribution in [-0.4, -0.2) is 46.9 Å². The normalized spacial score (nSPS) is 13.8. The van der Waals surface area contributed by atoms with Crippen LogP contribution in [-0.2, 0) is 14.3 Å². The smallest absolute Gasteiger partial charge is 0.306 e. The summed E-state index contributed by atoms with van der Waals surface area (Å²) in [5, 5.41) is 23.7. The first kappa shape index (κ1) is 57.6. The molecule has 0 aromatic heterocycles. The van der Waals surface area contributed by atoms with E-state index in [-0.39, 0.29) is 24.9 Å². The Morgan fingerprint density at radius 3 is 1.27 bits per heavy atom. The second-order valence-corrected chi connectivity index (χ2v) is 17.2. The van der Waals surface area contributed by atoms with Crippen molar-refractivity contribution in [2.45, 2.75) is 264 Å². The van der Waals surface area contributed by atoms with Crippen LogP contribution in [0, 0.1) is 0 Å². The summed E-state index contributed by atoms with van der Waals surface area (Å²) in [5.74, 6) is -0.579. The Balaban J connectivity index is 4.60. The molecule has 0 fully saturated rings. The number of carbonyl (C=O) groups excluding carboxylic acids is 2. The molecule has 0 aliphatic rings. The molecular formula is C54H97NO5. The van der Waals surface area contributed by atoms with Crippen LogP contribution in [0.5, 0.6) is 0 Å². The second kappa shape index (κ2) is 47.6. The van der Waals surface area contributed by atoms with Crippen LogP contribution in [0.15, 0.2) is 60.8 Å². The van der Waals surface area contributed by atoms with E-state index in [2.05, 4.69) is 74.7 Å². The number of nitrogens with one attached hydrogen (secondary N) is 1. The summed E-state index contributed by atoms with van der Waals surface area (Å²) >= 11 is 0.